The maximum Gasteiger partial charge on any atom is 0.0769 e. The largest absolute Gasteiger partial charge is 0.306 e. The average molecular weight is 220 g/mol. The standard InChI is InChI=1S/C12H16N2S/c1-14-8-6-11(7-9-14)10-2-4-12(13-15)5-3-10/h2-5,11H,6-9H2,1H3. The van der Waals surface area contributed by atoms with Gasteiger partial charge < -0.3 is 4.90 Å². The Morgan fingerprint density at radius 1 is 1.20 bits per heavy atom. The minimum absolute atomic E-state index is 0.723. The van der Waals surface area contributed by atoms with Crippen molar-refractivity contribution in [1.29, 1.82) is 0 Å². The fraction of sp³-hybridized carbons (Fsp3) is 0.500. The molecule has 2 nitrogen and oxygen atoms in total. The first kappa shape index (κ1) is 10.7. The van der Waals surface area contributed by atoms with E-state index in [0.717, 1.165) is 11.6 Å². The Bertz CT molecular complexity index is 326. The van der Waals surface area contributed by atoms with Crippen LogP contribution < -0.4 is 0 Å². The number of benzene rings is 1. The van der Waals surface area contributed by atoms with Gasteiger partial charge in [0.1, 0.15) is 0 Å². The summed E-state index contributed by atoms with van der Waals surface area (Å²) in [5, 5.41) is 0. The summed E-state index contributed by atoms with van der Waals surface area (Å²) in [5.74, 6) is 0.723. The highest BCUT2D eigenvalue weighted by molar-refractivity contribution is 7.47. The summed E-state index contributed by atoms with van der Waals surface area (Å²) in [4.78, 5) is 2.39. The Morgan fingerprint density at radius 3 is 2.33 bits per heavy atom. The van der Waals surface area contributed by atoms with E-state index in [1.807, 2.05) is 12.1 Å². The summed E-state index contributed by atoms with van der Waals surface area (Å²) >= 11 is 4.65. The van der Waals surface area contributed by atoms with Crippen LogP contribution in [0, 0.1) is 0 Å². The fourth-order valence-electron chi connectivity index (χ4n) is 2.15. The third kappa shape index (κ3) is 2.61. The molecule has 1 aliphatic heterocycles. The molecule has 1 aromatic rings. The second-order valence-electron chi connectivity index (χ2n) is 4.26. The number of rotatable bonds is 2. The zero-order valence-electron chi connectivity index (χ0n) is 9.02. The minimum Gasteiger partial charge on any atom is -0.306 e. The van der Waals surface area contributed by atoms with Gasteiger partial charge in [0.25, 0.3) is 0 Å². The molecule has 1 aromatic carbocycles. The molecule has 0 bridgehead atoms. The highest BCUT2D eigenvalue weighted by Gasteiger charge is 2.17. The van der Waals surface area contributed by atoms with E-state index in [9.17, 15) is 0 Å². The van der Waals surface area contributed by atoms with Gasteiger partial charge in [0.2, 0.25) is 0 Å². The molecule has 15 heavy (non-hydrogen) atoms. The number of likely N-dealkylation sites (tertiary alicyclic amines) is 1. The van der Waals surface area contributed by atoms with E-state index in [1.54, 1.807) is 0 Å². The molecule has 1 saturated heterocycles. The predicted octanol–water partition coefficient (Wildman–Crippen LogP) is 2.86. The molecular formula is C12H16N2S. The van der Waals surface area contributed by atoms with Crippen LogP contribution in [-0.4, -0.2) is 25.0 Å². The lowest BCUT2D eigenvalue weighted by atomic mass is 9.89. The number of piperidine rings is 1. The summed E-state index contributed by atoms with van der Waals surface area (Å²) in [6.45, 7) is 2.41. The van der Waals surface area contributed by atoms with Crippen LogP contribution in [0.15, 0.2) is 28.6 Å². The van der Waals surface area contributed by atoms with Crippen molar-refractivity contribution < 1.29 is 0 Å². The van der Waals surface area contributed by atoms with Crippen LogP contribution in [-0.2, 0) is 12.4 Å². The van der Waals surface area contributed by atoms with E-state index in [-0.39, 0.29) is 0 Å². The highest BCUT2D eigenvalue weighted by Crippen LogP contribution is 2.28. The van der Waals surface area contributed by atoms with Gasteiger partial charge in [-0.25, -0.2) is 0 Å². The first-order valence-corrected chi connectivity index (χ1v) is 5.78. The van der Waals surface area contributed by atoms with Crippen molar-refractivity contribution in [3.05, 3.63) is 29.8 Å². The summed E-state index contributed by atoms with van der Waals surface area (Å²) in [5.41, 5.74) is 2.33. The molecule has 0 saturated carbocycles. The average Bonchev–Trinajstić information content (AvgIpc) is 2.30. The van der Waals surface area contributed by atoms with E-state index in [4.69, 9.17) is 0 Å². The summed E-state index contributed by atoms with van der Waals surface area (Å²) in [7, 11) is 2.19. The number of hydrogen-bond acceptors (Lipinski definition) is 3. The molecule has 2 rings (SSSR count). The maximum absolute atomic E-state index is 4.65. The van der Waals surface area contributed by atoms with E-state index < -0.39 is 0 Å². The van der Waals surface area contributed by atoms with Crippen molar-refractivity contribution in [3.8, 4) is 0 Å². The molecule has 0 atom stereocenters. The minimum atomic E-state index is 0.723. The van der Waals surface area contributed by atoms with Crippen molar-refractivity contribution in [2.75, 3.05) is 20.1 Å². The summed E-state index contributed by atoms with van der Waals surface area (Å²) in [6.07, 6.45) is 2.53. The van der Waals surface area contributed by atoms with Gasteiger partial charge in [0.05, 0.1) is 5.69 Å². The van der Waals surface area contributed by atoms with Crippen molar-refractivity contribution in [3.63, 3.8) is 0 Å². The van der Waals surface area contributed by atoms with E-state index in [1.165, 1.54) is 31.5 Å². The molecular weight excluding hydrogens is 204 g/mol. The molecule has 0 radical (unpaired) electrons. The quantitative estimate of drug-likeness (QED) is 0.761. The van der Waals surface area contributed by atoms with E-state index in [0.29, 0.717) is 0 Å². The van der Waals surface area contributed by atoms with Gasteiger partial charge >= 0.3 is 0 Å². The lowest BCUT2D eigenvalue weighted by molar-refractivity contribution is 0.255. The van der Waals surface area contributed by atoms with Crippen LogP contribution in [0.1, 0.15) is 24.3 Å². The molecule has 1 heterocycles. The molecule has 0 aromatic heterocycles. The third-order valence-electron chi connectivity index (χ3n) is 3.19. The van der Waals surface area contributed by atoms with Gasteiger partial charge in [-0.1, -0.05) is 12.1 Å². The topological polar surface area (TPSA) is 15.6 Å². The Hall–Kier alpha value is -0.800. The van der Waals surface area contributed by atoms with E-state index in [2.05, 4.69) is 40.9 Å². The van der Waals surface area contributed by atoms with Crippen LogP contribution >= 0.6 is 0 Å². The van der Waals surface area contributed by atoms with Crippen molar-refractivity contribution >= 4 is 18.1 Å². The molecule has 1 aliphatic rings. The lowest BCUT2D eigenvalue weighted by Crippen LogP contribution is -2.29. The van der Waals surface area contributed by atoms with Crippen molar-refractivity contribution in [2.24, 2.45) is 4.36 Å². The molecule has 3 heteroatoms. The van der Waals surface area contributed by atoms with E-state index >= 15 is 0 Å². The van der Waals surface area contributed by atoms with Crippen LogP contribution in [0.4, 0.5) is 5.69 Å². The first-order valence-electron chi connectivity index (χ1n) is 5.41. The summed E-state index contributed by atoms with van der Waals surface area (Å²) in [6, 6.07) is 8.36. The second kappa shape index (κ2) is 4.81. The Balaban J connectivity index is 2.06. The second-order valence-corrected chi connectivity index (χ2v) is 4.44. The van der Waals surface area contributed by atoms with Gasteiger partial charge in [-0.05, 0) is 56.6 Å². The van der Waals surface area contributed by atoms with Gasteiger partial charge in [0.15, 0.2) is 0 Å². The molecule has 1 fully saturated rings. The smallest absolute Gasteiger partial charge is 0.0769 e. The molecule has 80 valence electrons. The van der Waals surface area contributed by atoms with Crippen LogP contribution in [0.25, 0.3) is 0 Å². The normalized spacial score (nSPS) is 19.0. The number of nitrogens with zero attached hydrogens (tertiary/aromatic N) is 2. The molecule has 0 spiro atoms. The summed E-state index contributed by atoms with van der Waals surface area (Å²) < 4.78 is 3.74. The third-order valence-corrected chi connectivity index (χ3v) is 3.40. The Morgan fingerprint density at radius 2 is 1.80 bits per heavy atom. The van der Waals surface area contributed by atoms with Crippen molar-refractivity contribution in [1.82, 2.24) is 4.90 Å². The van der Waals surface area contributed by atoms with Gasteiger partial charge in [-0.15, -0.1) is 0 Å². The Kier molecular flexibility index (Phi) is 3.44. The Labute approximate surface area is 96.5 Å². The molecule has 0 amide bonds. The first-order chi connectivity index (χ1) is 7.29. The molecule has 0 unspecified atom stereocenters. The van der Waals surface area contributed by atoms with Crippen LogP contribution in [0.2, 0.25) is 0 Å². The van der Waals surface area contributed by atoms with Crippen LogP contribution in [0.3, 0.4) is 0 Å². The zero-order valence-corrected chi connectivity index (χ0v) is 9.83. The zero-order chi connectivity index (χ0) is 10.7. The predicted molar refractivity (Wildman–Crippen MR) is 65.4 cm³/mol. The fourth-order valence-corrected chi connectivity index (χ4v) is 2.27. The SMILES string of the molecule is CN1CCC(c2ccc(N=S)cc2)CC1. The van der Waals surface area contributed by atoms with Gasteiger partial charge in [0, 0.05) is 12.4 Å². The lowest BCUT2D eigenvalue weighted by Gasteiger charge is -2.29. The van der Waals surface area contributed by atoms with Gasteiger partial charge in [-0.2, -0.15) is 4.36 Å². The van der Waals surface area contributed by atoms with Crippen LogP contribution in [0.5, 0.6) is 0 Å². The number of hydrogen-bond donors (Lipinski definition) is 0. The molecule has 0 aliphatic carbocycles. The highest BCUT2D eigenvalue weighted by atomic mass is 32.1. The van der Waals surface area contributed by atoms with Crippen molar-refractivity contribution in [2.45, 2.75) is 18.8 Å². The molecule has 0 N–H and O–H groups in total. The van der Waals surface area contributed by atoms with Gasteiger partial charge in [-0.3, -0.25) is 0 Å². The monoisotopic (exact) mass is 220 g/mol. The maximum atomic E-state index is 4.65.